The summed E-state index contributed by atoms with van der Waals surface area (Å²) in [4.78, 5) is 4.64. The predicted octanol–water partition coefficient (Wildman–Crippen LogP) is 2.32. The minimum atomic E-state index is 0.0253. The molecule has 1 rings (SSSR count). The molecule has 0 aromatic rings. The van der Waals surface area contributed by atoms with Gasteiger partial charge in [0, 0.05) is 17.2 Å². The van der Waals surface area contributed by atoms with Crippen LogP contribution in [-0.2, 0) is 0 Å². The molecule has 2 nitrogen and oxygen atoms in total. The Morgan fingerprint density at radius 3 is 2.57 bits per heavy atom. The number of hydrogen-bond acceptors (Lipinski definition) is 2. The van der Waals surface area contributed by atoms with Gasteiger partial charge in [-0.25, -0.2) is 0 Å². The lowest BCUT2D eigenvalue weighted by Crippen LogP contribution is -2.35. The zero-order valence-electron chi connectivity index (χ0n) is 9.49. The van der Waals surface area contributed by atoms with Crippen molar-refractivity contribution in [3.05, 3.63) is 24.3 Å². The van der Waals surface area contributed by atoms with Gasteiger partial charge in [-0.3, -0.25) is 4.99 Å². The van der Waals surface area contributed by atoms with E-state index >= 15 is 0 Å². The lowest BCUT2D eigenvalue weighted by atomic mass is 9.87. The van der Waals surface area contributed by atoms with E-state index in [1.54, 1.807) is 0 Å². The van der Waals surface area contributed by atoms with Crippen molar-refractivity contribution in [3.8, 4) is 0 Å². The largest absolute Gasteiger partial charge is 0.322 e. The van der Waals surface area contributed by atoms with Gasteiger partial charge in [0.15, 0.2) is 0 Å². The van der Waals surface area contributed by atoms with Crippen molar-refractivity contribution in [2.75, 3.05) is 0 Å². The lowest BCUT2D eigenvalue weighted by molar-refractivity contribution is 0.576. The fourth-order valence-electron chi connectivity index (χ4n) is 1.42. The lowest BCUT2D eigenvalue weighted by Gasteiger charge is -2.26. The second-order valence-electron chi connectivity index (χ2n) is 4.72. The molecule has 0 fully saturated rings. The van der Waals surface area contributed by atoms with Crippen molar-refractivity contribution in [2.45, 2.75) is 39.8 Å². The van der Waals surface area contributed by atoms with E-state index < -0.39 is 0 Å². The molecule has 78 valence electrons. The van der Waals surface area contributed by atoms with E-state index in [4.69, 9.17) is 5.73 Å². The second kappa shape index (κ2) is 4.09. The Labute approximate surface area is 86.6 Å². The molecule has 2 N–H and O–H groups in total. The summed E-state index contributed by atoms with van der Waals surface area (Å²) in [5, 5.41) is 0. The SMILES string of the molecule is C/C=C\C1N=C(C(C)(C)C)C=CC1N. The Hall–Kier alpha value is -0.890. The summed E-state index contributed by atoms with van der Waals surface area (Å²) in [5.74, 6) is 0. The van der Waals surface area contributed by atoms with Crippen molar-refractivity contribution in [1.82, 2.24) is 0 Å². The molecule has 0 bridgehead atoms. The van der Waals surface area contributed by atoms with Crippen molar-refractivity contribution in [2.24, 2.45) is 16.1 Å². The molecule has 2 heteroatoms. The first-order valence-corrected chi connectivity index (χ1v) is 5.10. The highest BCUT2D eigenvalue weighted by atomic mass is 14.9. The van der Waals surface area contributed by atoms with Crippen molar-refractivity contribution in [3.63, 3.8) is 0 Å². The minimum Gasteiger partial charge on any atom is -0.322 e. The molecule has 1 heterocycles. The van der Waals surface area contributed by atoms with E-state index in [-0.39, 0.29) is 17.5 Å². The van der Waals surface area contributed by atoms with Gasteiger partial charge in [0.25, 0.3) is 0 Å². The van der Waals surface area contributed by atoms with Crippen LogP contribution >= 0.6 is 0 Å². The fourth-order valence-corrected chi connectivity index (χ4v) is 1.42. The van der Waals surface area contributed by atoms with E-state index in [0.717, 1.165) is 5.71 Å². The van der Waals surface area contributed by atoms with Gasteiger partial charge in [0.2, 0.25) is 0 Å². The number of hydrogen-bond donors (Lipinski definition) is 1. The summed E-state index contributed by atoms with van der Waals surface area (Å²) in [7, 11) is 0. The van der Waals surface area contributed by atoms with Crippen LogP contribution in [0, 0.1) is 5.41 Å². The van der Waals surface area contributed by atoms with Crippen LogP contribution in [0.1, 0.15) is 27.7 Å². The highest BCUT2D eigenvalue weighted by Gasteiger charge is 2.23. The van der Waals surface area contributed by atoms with Crippen molar-refractivity contribution in [1.29, 1.82) is 0 Å². The molecule has 2 atom stereocenters. The molecule has 0 radical (unpaired) electrons. The molecule has 0 spiro atoms. The quantitative estimate of drug-likeness (QED) is 0.636. The zero-order chi connectivity index (χ0) is 10.8. The van der Waals surface area contributed by atoms with Crippen LogP contribution in [-0.4, -0.2) is 17.8 Å². The first-order chi connectivity index (χ1) is 6.45. The third kappa shape index (κ3) is 2.55. The van der Waals surface area contributed by atoms with Crippen LogP contribution < -0.4 is 5.73 Å². The number of allylic oxidation sites excluding steroid dienone is 2. The van der Waals surface area contributed by atoms with Crippen LogP contribution in [0.15, 0.2) is 29.3 Å². The van der Waals surface area contributed by atoms with E-state index in [2.05, 4.69) is 31.8 Å². The molecule has 1 aliphatic rings. The predicted molar refractivity (Wildman–Crippen MR) is 62.6 cm³/mol. The highest BCUT2D eigenvalue weighted by Crippen LogP contribution is 2.21. The molecule has 2 unspecified atom stereocenters. The third-order valence-corrected chi connectivity index (χ3v) is 2.32. The fraction of sp³-hybridized carbons (Fsp3) is 0.583. The summed E-state index contributed by atoms with van der Waals surface area (Å²) < 4.78 is 0. The standard InChI is InChI=1S/C12H20N2/c1-5-6-10-9(13)7-8-11(14-10)12(2,3)4/h5-10H,13H2,1-4H3/b6-5-. The van der Waals surface area contributed by atoms with Gasteiger partial charge >= 0.3 is 0 Å². The van der Waals surface area contributed by atoms with Gasteiger partial charge in [-0.2, -0.15) is 0 Å². The van der Waals surface area contributed by atoms with E-state index in [1.807, 2.05) is 25.2 Å². The summed E-state index contributed by atoms with van der Waals surface area (Å²) in [6.45, 7) is 8.50. The van der Waals surface area contributed by atoms with Gasteiger partial charge in [-0.15, -0.1) is 0 Å². The number of aliphatic imine (C=N–C) groups is 1. The molecule has 14 heavy (non-hydrogen) atoms. The number of dihydropyridines is 1. The summed E-state index contributed by atoms with van der Waals surface area (Å²) in [6.07, 6.45) is 8.15. The topological polar surface area (TPSA) is 38.4 Å². The monoisotopic (exact) mass is 192 g/mol. The maximum absolute atomic E-state index is 5.93. The van der Waals surface area contributed by atoms with Crippen LogP contribution in [0.5, 0.6) is 0 Å². The molecular weight excluding hydrogens is 172 g/mol. The highest BCUT2D eigenvalue weighted by molar-refractivity contribution is 5.99. The normalized spacial score (nSPS) is 28.2. The number of nitrogens with zero attached hydrogens (tertiary/aromatic N) is 1. The Morgan fingerprint density at radius 1 is 1.43 bits per heavy atom. The van der Waals surface area contributed by atoms with Gasteiger partial charge in [0.1, 0.15) is 0 Å². The van der Waals surface area contributed by atoms with E-state index in [9.17, 15) is 0 Å². The smallest absolute Gasteiger partial charge is 0.0870 e. The summed E-state index contributed by atoms with van der Waals surface area (Å²) in [5.41, 5.74) is 7.16. The number of nitrogens with two attached hydrogens (primary N) is 1. The maximum atomic E-state index is 5.93. The average Bonchev–Trinajstić information content (AvgIpc) is 2.07. The molecule has 0 aliphatic carbocycles. The van der Waals surface area contributed by atoms with E-state index in [0.29, 0.717) is 0 Å². The molecule has 0 aromatic carbocycles. The molecule has 0 amide bonds. The van der Waals surface area contributed by atoms with E-state index in [1.165, 1.54) is 0 Å². The number of rotatable bonds is 1. The Morgan fingerprint density at radius 2 is 2.07 bits per heavy atom. The Bertz CT molecular complexity index is 279. The van der Waals surface area contributed by atoms with Crippen LogP contribution in [0.2, 0.25) is 0 Å². The van der Waals surface area contributed by atoms with Gasteiger partial charge in [0.05, 0.1) is 6.04 Å². The molecular formula is C12H20N2. The Kier molecular flexibility index (Phi) is 3.27. The van der Waals surface area contributed by atoms with Crippen LogP contribution in [0.3, 0.4) is 0 Å². The van der Waals surface area contributed by atoms with Crippen molar-refractivity contribution >= 4 is 5.71 Å². The van der Waals surface area contributed by atoms with Gasteiger partial charge in [-0.1, -0.05) is 39.0 Å². The third-order valence-electron chi connectivity index (χ3n) is 2.32. The minimum absolute atomic E-state index is 0.0253. The summed E-state index contributed by atoms with van der Waals surface area (Å²) in [6, 6.07) is 0.136. The van der Waals surface area contributed by atoms with Crippen LogP contribution in [0.25, 0.3) is 0 Å². The van der Waals surface area contributed by atoms with Gasteiger partial charge in [-0.05, 0) is 13.0 Å². The Balaban J connectivity index is 2.91. The van der Waals surface area contributed by atoms with Gasteiger partial charge < -0.3 is 5.73 Å². The van der Waals surface area contributed by atoms with Crippen molar-refractivity contribution < 1.29 is 0 Å². The first kappa shape index (κ1) is 11.2. The zero-order valence-corrected chi connectivity index (χ0v) is 9.49. The first-order valence-electron chi connectivity index (χ1n) is 5.10. The molecule has 0 aromatic heterocycles. The molecule has 1 aliphatic heterocycles. The summed E-state index contributed by atoms with van der Waals surface area (Å²) >= 11 is 0. The maximum Gasteiger partial charge on any atom is 0.0870 e. The van der Waals surface area contributed by atoms with Crippen LogP contribution in [0.4, 0.5) is 0 Å². The average molecular weight is 192 g/mol. The molecule has 0 saturated carbocycles. The molecule has 0 saturated heterocycles. The second-order valence-corrected chi connectivity index (χ2v) is 4.72.